The molecular formula is C15H16N2. The molecule has 2 nitrogen and oxygen atoms in total. The molecule has 2 aromatic rings. The van der Waals surface area contributed by atoms with E-state index in [4.69, 9.17) is 5.73 Å². The second-order valence-electron chi connectivity index (χ2n) is 4.63. The van der Waals surface area contributed by atoms with Gasteiger partial charge in [-0.25, -0.2) is 0 Å². The van der Waals surface area contributed by atoms with Crippen molar-refractivity contribution in [2.75, 3.05) is 11.1 Å². The second kappa shape index (κ2) is 4.13. The summed E-state index contributed by atoms with van der Waals surface area (Å²) in [7, 11) is 0. The number of nitrogen functional groups attached to an aromatic ring is 1. The largest absolute Gasteiger partial charge is 0.399 e. The molecule has 1 saturated carbocycles. The summed E-state index contributed by atoms with van der Waals surface area (Å²) < 4.78 is 0. The maximum atomic E-state index is 5.76. The standard InChI is InChI=1S/C15H16N2/c16-12-7-4-8-13(9-12)17-15-10-14(15)11-5-2-1-3-6-11/h1-9,14-15,17H,10,16H2. The summed E-state index contributed by atoms with van der Waals surface area (Å²) in [5.74, 6) is 0.651. The highest BCUT2D eigenvalue weighted by Gasteiger charge is 2.38. The molecule has 3 N–H and O–H groups in total. The van der Waals surface area contributed by atoms with E-state index in [2.05, 4.69) is 41.7 Å². The van der Waals surface area contributed by atoms with E-state index in [1.165, 1.54) is 12.0 Å². The molecule has 1 aliphatic carbocycles. The van der Waals surface area contributed by atoms with Crippen LogP contribution in [0, 0.1) is 0 Å². The number of nitrogens with one attached hydrogen (secondary N) is 1. The maximum Gasteiger partial charge on any atom is 0.0363 e. The van der Waals surface area contributed by atoms with Gasteiger partial charge in [0.2, 0.25) is 0 Å². The van der Waals surface area contributed by atoms with E-state index >= 15 is 0 Å². The SMILES string of the molecule is Nc1cccc(NC2CC2c2ccccc2)c1. The van der Waals surface area contributed by atoms with Gasteiger partial charge >= 0.3 is 0 Å². The first-order valence-corrected chi connectivity index (χ1v) is 6.00. The Morgan fingerprint density at radius 3 is 2.59 bits per heavy atom. The fourth-order valence-electron chi connectivity index (χ4n) is 2.27. The molecule has 0 bridgehead atoms. The topological polar surface area (TPSA) is 38.0 Å². The quantitative estimate of drug-likeness (QED) is 0.785. The molecule has 0 amide bonds. The minimum atomic E-state index is 0.555. The highest BCUT2D eigenvalue weighted by molar-refractivity contribution is 5.56. The summed E-state index contributed by atoms with van der Waals surface area (Å²) in [4.78, 5) is 0. The van der Waals surface area contributed by atoms with Crippen LogP contribution >= 0.6 is 0 Å². The van der Waals surface area contributed by atoms with Crippen molar-refractivity contribution in [3.63, 3.8) is 0 Å². The van der Waals surface area contributed by atoms with E-state index < -0.39 is 0 Å². The van der Waals surface area contributed by atoms with Crippen LogP contribution in [0.15, 0.2) is 54.6 Å². The van der Waals surface area contributed by atoms with Gasteiger partial charge in [0.1, 0.15) is 0 Å². The number of hydrogen-bond acceptors (Lipinski definition) is 2. The minimum Gasteiger partial charge on any atom is -0.399 e. The molecule has 0 radical (unpaired) electrons. The van der Waals surface area contributed by atoms with E-state index in [0.29, 0.717) is 12.0 Å². The lowest BCUT2D eigenvalue weighted by molar-refractivity contribution is 1.05. The average Bonchev–Trinajstić information content (AvgIpc) is 3.10. The molecule has 2 heteroatoms. The Kier molecular flexibility index (Phi) is 2.48. The van der Waals surface area contributed by atoms with Crippen molar-refractivity contribution < 1.29 is 0 Å². The van der Waals surface area contributed by atoms with Crippen molar-refractivity contribution in [1.29, 1.82) is 0 Å². The van der Waals surface area contributed by atoms with Crippen LogP contribution in [0.1, 0.15) is 17.9 Å². The molecule has 0 heterocycles. The summed E-state index contributed by atoms with van der Waals surface area (Å²) >= 11 is 0. The van der Waals surface area contributed by atoms with Crippen molar-refractivity contribution in [2.45, 2.75) is 18.4 Å². The zero-order valence-corrected chi connectivity index (χ0v) is 9.64. The summed E-state index contributed by atoms with van der Waals surface area (Å²) in [6, 6.07) is 19.2. The fourth-order valence-corrected chi connectivity index (χ4v) is 2.27. The van der Waals surface area contributed by atoms with Crippen molar-refractivity contribution in [3.8, 4) is 0 Å². The highest BCUT2D eigenvalue weighted by atomic mass is 15.0. The fraction of sp³-hybridized carbons (Fsp3) is 0.200. The zero-order valence-electron chi connectivity index (χ0n) is 9.64. The van der Waals surface area contributed by atoms with E-state index in [-0.39, 0.29) is 0 Å². The van der Waals surface area contributed by atoms with Crippen LogP contribution in [0.5, 0.6) is 0 Å². The zero-order chi connectivity index (χ0) is 11.7. The van der Waals surface area contributed by atoms with Crippen LogP contribution in [0.4, 0.5) is 11.4 Å². The Hall–Kier alpha value is -1.96. The summed E-state index contributed by atoms with van der Waals surface area (Å²) in [6.07, 6.45) is 1.21. The Labute approximate surface area is 101 Å². The Bertz CT molecular complexity index is 507. The van der Waals surface area contributed by atoms with Gasteiger partial charge in [0.05, 0.1) is 0 Å². The Morgan fingerprint density at radius 1 is 1.00 bits per heavy atom. The van der Waals surface area contributed by atoms with E-state index in [9.17, 15) is 0 Å². The average molecular weight is 224 g/mol. The van der Waals surface area contributed by atoms with Crippen molar-refractivity contribution in [1.82, 2.24) is 0 Å². The molecule has 1 fully saturated rings. The lowest BCUT2D eigenvalue weighted by Crippen LogP contribution is -2.04. The normalized spacial score (nSPS) is 22.1. The van der Waals surface area contributed by atoms with Gasteiger partial charge in [-0.1, -0.05) is 36.4 Å². The van der Waals surface area contributed by atoms with Gasteiger partial charge in [-0.05, 0) is 30.2 Å². The molecule has 2 atom stereocenters. The number of anilines is 2. The number of benzene rings is 2. The van der Waals surface area contributed by atoms with E-state index in [1.54, 1.807) is 0 Å². The van der Waals surface area contributed by atoms with Crippen LogP contribution in [0.25, 0.3) is 0 Å². The van der Waals surface area contributed by atoms with E-state index in [1.807, 2.05) is 18.2 Å². The van der Waals surface area contributed by atoms with Gasteiger partial charge in [0.25, 0.3) is 0 Å². The molecule has 0 aliphatic heterocycles. The third kappa shape index (κ3) is 2.26. The third-order valence-corrected chi connectivity index (χ3v) is 3.26. The molecule has 1 aliphatic rings. The van der Waals surface area contributed by atoms with E-state index in [0.717, 1.165) is 11.4 Å². The molecule has 17 heavy (non-hydrogen) atoms. The Balaban J connectivity index is 1.66. The number of nitrogens with two attached hydrogens (primary N) is 1. The molecule has 0 aromatic heterocycles. The smallest absolute Gasteiger partial charge is 0.0363 e. The molecule has 0 spiro atoms. The summed E-state index contributed by atoms with van der Waals surface area (Å²) in [6.45, 7) is 0. The van der Waals surface area contributed by atoms with Crippen LogP contribution < -0.4 is 11.1 Å². The molecule has 0 saturated heterocycles. The lowest BCUT2D eigenvalue weighted by atomic mass is 10.1. The van der Waals surface area contributed by atoms with Crippen LogP contribution in [0.3, 0.4) is 0 Å². The van der Waals surface area contributed by atoms with Gasteiger partial charge in [0, 0.05) is 23.3 Å². The first-order valence-electron chi connectivity index (χ1n) is 6.00. The summed E-state index contributed by atoms with van der Waals surface area (Å²) in [5.41, 5.74) is 9.12. The van der Waals surface area contributed by atoms with Crippen LogP contribution in [-0.4, -0.2) is 6.04 Å². The molecular weight excluding hydrogens is 208 g/mol. The molecule has 86 valence electrons. The predicted molar refractivity (Wildman–Crippen MR) is 72.1 cm³/mol. The molecule has 2 unspecified atom stereocenters. The monoisotopic (exact) mass is 224 g/mol. The van der Waals surface area contributed by atoms with Crippen LogP contribution in [0.2, 0.25) is 0 Å². The highest BCUT2D eigenvalue weighted by Crippen LogP contribution is 2.42. The van der Waals surface area contributed by atoms with Crippen molar-refractivity contribution in [3.05, 3.63) is 60.2 Å². The van der Waals surface area contributed by atoms with Crippen molar-refractivity contribution >= 4 is 11.4 Å². The number of hydrogen-bond donors (Lipinski definition) is 2. The summed E-state index contributed by atoms with van der Waals surface area (Å²) in [5, 5.41) is 3.53. The molecule has 3 rings (SSSR count). The second-order valence-corrected chi connectivity index (χ2v) is 4.63. The van der Waals surface area contributed by atoms with Gasteiger partial charge in [-0.2, -0.15) is 0 Å². The van der Waals surface area contributed by atoms with Crippen molar-refractivity contribution in [2.24, 2.45) is 0 Å². The van der Waals surface area contributed by atoms with Gasteiger partial charge in [-0.3, -0.25) is 0 Å². The van der Waals surface area contributed by atoms with Gasteiger partial charge in [0.15, 0.2) is 0 Å². The Morgan fingerprint density at radius 2 is 1.82 bits per heavy atom. The molecule has 2 aromatic carbocycles. The third-order valence-electron chi connectivity index (χ3n) is 3.26. The van der Waals surface area contributed by atoms with Gasteiger partial charge in [-0.15, -0.1) is 0 Å². The number of rotatable bonds is 3. The lowest BCUT2D eigenvalue weighted by Gasteiger charge is -2.06. The first-order chi connectivity index (χ1) is 8.33. The predicted octanol–water partition coefficient (Wildman–Crippen LogP) is 3.24. The maximum absolute atomic E-state index is 5.76. The minimum absolute atomic E-state index is 0.555. The first kappa shape index (κ1) is 10.2. The van der Waals surface area contributed by atoms with Crippen LogP contribution in [-0.2, 0) is 0 Å². The van der Waals surface area contributed by atoms with Gasteiger partial charge < -0.3 is 11.1 Å².